The van der Waals surface area contributed by atoms with Gasteiger partial charge in [-0.2, -0.15) is 0 Å². The third kappa shape index (κ3) is 2.94. The Balaban J connectivity index is 1.86. The summed E-state index contributed by atoms with van der Waals surface area (Å²) in [5, 5.41) is 3.71. The molecular formula is C13H26N2. The Bertz CT molecular complexity index is 201. The van der Waals surface area contributed by atoms with E-state index in [4.69, 9.17) is 0 Å². The average molecular weight is 210 g/mol. The zero-order valence-electron chi connectivity index (χ0n) is 10.4. The lowest BCUT2D eigenvalue weighted by Gasteiger charge is -2.36. The van der Waals surface area contributed by atoms with Crippen LogP contribution in [0.3, 0.4) is 0 Å². The van der Waals surface area contributed by atoms with Gasteiger partial charge in [0, 0.05) is 18.6 Å². The maximum Gasteiger partial charge on any atom is 0.0277 e. The summed E-state index contributed by atoms with van der Waals surface area (Å²) in [5.41, 5.74) is 0.361. The molecule has 1 N–H and O–H groups in total. The molecular weight excluding hydrogens is 184 g/mol. The average Bonchev–Trinajstić information content (AvgIpc) is 2.35. The van der Waals surface area contributed by atoms with Crippen molar-refractivity contribution in [2.24, 2.45) is 5.92 Å². The van der Waals surface area contributed by atoms with Gasteiger partial charge in [0.15, 0.2) is 0 Å². The first-order valence-corrected chi connectivity index (χ1v) is 6.69. The van der Waals surface area contributed by atoms with E-state index in [1.165, 1.54) is 58.3 Å². The molecule has 1 saturated carbocycles. The van der Waals surface area contributed by atoms with Gasteiger partial charge in [-0.3, -0.25) is 0 Å². The Labute approximate surface area is 94.4 Å². The first-order chi connectivity index (χ1) is 7.22. The molecule has 1 aliphatic heterocycles. The van der Waals surface area contributed by atoms with Crippen LogP contribution < -0.4 is 5.32 Å². The standard InChI is InChI=1S/C13H26N2/c1-3-13(2)11-15(9-5-8-14-13)10-12-6-4-7-12/h12,14H,3-11H2,1-2H3. The van der Waals surface area contributed by atoms with Gasteiger partial charge in [0.05, 0.1) is 0 Å². The van der Waals surface area contributed by atoms with E-state index in [2.05, 4.69) is 24.1 Å². The molecule has 0 amide bonds. The van der Waals surface area contributed by atoms with Crippen LogP contribution in [0.4, 0.5) is 0 Å². The Kier molecular flexibility index (Phi) is 3.68. The fraction of sp³-hybridized carbons (Fsp3) is 1.00. The molecule has 1 saturated heterocycles. The van der Waals surface area contributed by atoms with Gasteiger partial charge < -0.3 is 10.2 Å². The zero-order valence-corrected chi connectivity index (χ0v) is 10.4. The SMILES string of the molecule is CCC1(C)CN(CC2CCC2)CCCN1. The molecule has 1 atom stereocenters. The fourth-order valence-electron chi connectivity index (χ4n) is 2.75. The van der Waals surface area contributed by atoms with Crippen molar-refractivity contribution in [1.82, 2.24) is 10.2 Å². The van der Waals surface area contributed by atoms with Gasteiger partial charge in [-0.15, -0.1) is 0 Å². The molecule has 2 heteroatoms. The number of nitrogens with one attached hydrogen (secondary N) is 1. The van der Waals surface area contributed by atoms with Gasteiger partial charge in [0.25, 0.3) is 0 Å². The smallest absolute Gasteiger partial charge is 0.0277 e. The molecule has 2 fully saturated rings. The lowest BCUT2D eigenvalue weighted by molar-refractivity contribution is 0.153. The van der Waals surface area contributed by atoms with Crippen molar-refractivity contribution < 1.29 is 0 Å². The second-order valence-corrected chi connectivity index (χ2v) is 5.73. The highest BCUT2D eigenvalue weighted by Crippen LogP contribution is 2.28. The van der Waals surface area contributed by atoms with E-state index in [1.807, 2.05) is 0 Å². The van der Waals surface area contributed by atoms with Crippen LogP contribution in [0.1, 0.15) is 46.0 Å². The third-order valence-electron chi connectivity index (χ3n) is 4.30. The van der Waals surface area contributed by atoms with Crippen LogP contribution in [0.25, 0.3) is 0 Å². The van der Waals surface area contributed by atoms with Gasteiger partial charge in [-0.1, -0.05) is 13.3 Å². The van der Waals surface area contributed by atoms with Crippen molar-refractivity contribution in [2.75, 3.05) is 26.2 Å². The Hall–Kier alpha value is -0.0800. The van der Waals surface area contributed by atoms with Gasteiger partial charge in [-0.05, 0) is 51.6 Å². The molecule has 0 spiro atoms. The van der Waals surface area contributed by atoms with Crippen molar-refractivity contribution in [1.29, 1.82) is 0 Å². The van der Waals surface area contributed by atoms with E-state index in [0.29, 0.717) is 5.54 Å². The molecule has 15 heavy (non-hydrogen) atoms. The van der Waals surface area contributed by atoms with Crippen molar-refractivity contribution in [2.45, 2.75) is 51.5 Å². The summed E-state index contributed by atoms with van der Waals surface area (Å²) in [7, 11) is 0. The second-order valence-electron chi connectivity index (χ2n) is 5.73. The van der Waals surface area contributed by atoms with Gasteiger partial charge in [-0.25, -0.2) is 0 Å². The highest BCUT2D eigenvalue weighted by Gasteiger charge is 2.29. The number of nitrogens with zero attached hydrogens (tertiary/aromatic N) is 1. The lowest BCUT2D eigenvalue weighted by Crippen LogP contribution is -2.49. The summed E-state index contributed by atoms with van der Waals surface area (Å²) < 4.78 is 0. The molecule has 0 radical (unpaired) electrons. The van der Waals surface area contributed by atoms with E-state index in [0.717, 1.165) is 5.92 Å². The van der Waals surface area contributed by atoms with Gasteiger partial charge >= 0.3 is 0 Å². The summed E-state index contributed by atoms with van der Waals surface area (Å²) in [4.78, 5) is 2.70. The number of hydrogen-bond donors (Lipinski definition) is 1. The molecule has 88 valence electrons. The van der Waals surface area contributed by atoms with E-state index < -0.39 is 0 Å². The summed E-state index contributed by atoms with van der Waals surface area (Å²) in [6.07, 6.45) is 7.00. The van der Waals surface area contributed by atoms with E-state index in [1.54, 1.807) is 0 Å². The van der Waals surface area contributed by atoms with Crippen LogP contribution in [0, 0.1) is 5.92 Å². The minimum Gasteiger partial charge on any atom is -0.310 e. The fourth-order valence-corrected chi connectivity index (χ4v) is 2.75. The lowest BCUT2D eigenvalue weighted by atomic mass is 9.84. The predicted octanol–water partition coefficient (Wildman–Crippen LogP) is 2.25. The molecule has 0 aromatic heterocycles. The molecule has 2 rings (SSSR count). The van der Waals surface area contributed by atoms with Crippen LogP contribution in [0.15, 0.2) is 0 Å². The minimum absolute atomic E-state index is 0.361. The monoisotopic (exact) mass is 210 g/mol. The molecule has 0 bridgehead atoms. The number of hydrogen-bond acceptors (Lipinski definition) is 2. The van der Waals surface area contributed by atoms with E-state index in [-0.39, 0.29) is 0 Å². The van der Waals surface area contributed by atoms with Crippen LogP contribution in [-0.2, 0) is 0 Å². The highest BCUT2D eigenvalue weighted by atomic mass is 15.2. The third-order valence-corrected chi connectivity index (χ3v) is 4.30. The number of rotatable bonds is 3. The van der Waals surface area contributed by atoms with Crippen LogP contribution >= 0.6 is 0 Å². The predicted molar refractivity (Wildman–Crippen MR) is 65.1 cm³/mol. The van der Waals surface area contributed by atoms with E-state index >= 15 is 0 Å². The first kappa shape index (κ1) is 11.4. The highest BCUT2D eigenvalue weighted by molar-refractivity contribution is 4.89. The van der Waals surface area contributed by atoms with Crippen LogP contribution in [0.2, 0.25) is 0 Å². The van der Waals surface area contributed by atoms with Crippen molar-refractivity contribution in [3.63, 3.8) is 0 Å². The normalized spacial score (nSPS) is 34.8. The summed E-state index contributed by atoms with van der Waals surface area (Å²) in [5.74, 6) is 1.02. The first-order valence-electron chi connectivity index (χ1n) is 6.69. The van der Waals surface area contributed by atoms with Crippen LogP contribution in [0.5, 0.6) is 0 Å². The van der Waals surface area contributed by atoms with Gasteiger partial charge in [0.1, 0.15) is 0 Å². The molecule has 1 aliphatic carbocycles. The summed E-state index contributed by atoms with van der Waals surface area (Å²) in [6, 6.07) is 0. The maximum absolute atomic E-state index is 3.71. The maximum atomic E-state index is 3.71. The van der Waals surface area contributed by atoms with Crippen molar-refractivity contribution in [3.8, 4) is 0 Å². The van der Waals surface area contributed by atoms with Crippen molar-refractivity contribution >= 4 is 0 Å². The van der Waals surface area contributed by atoms with Gasteiger partial charge in [0.2, 0.25) is 0 Å². The molecule has 0 aromatic carbocycles. The van der Waals surface area contributed by atoms with E-state index in [9.17, 15) is 0 Å². The quantitative estimate of drug-likeness (QED) is 0.768. The summed E-state index contributed by atoms with van der Waals surface area (Å²) in [6.45, 7) is 9.80. The Morgan fingerprint density at radius 3 is 2.73 bits per heavy atom. The Morgan fingerprint density at radius 2 is 2.13 bits per heavy atom. The molecule has 1 unspecified atom stereocenters. The second kappa shape index (κ2) is 4.84. The topological polar surface area (TPSA) is 15.3 Å². The largest absolute Gasteiger partial charge is 0.310 e. The molecule has 1 heterocycles. The molecule has 2 aliphatic rings. The summed E-state index contributed by atoms with van der Waals surface area (Å²) >= 11 is 0. The zero-order chi connectivity index (χ0) is 10.7. The van der Waals surface area contributed by atoms with Crippen LogP contribution in [-0.4, -0.2) is 36.6 Å². The molecule has 2 nitrogen and oxygen atoms in total. The Morgan fingerprint density at radius 1 is 1.33 bits per heavy atom. The minimum atomic E-state index is 0.361. The molecule has 0 aromatic rings. The van der Waals surface area contributed by atoms with Crippen molar-refractivity contribution in [3.05, 3.63) is 0 Å².